The zero-order chi connectivity index (χ0) is 17.2. The SMILES string of the molecule is N[C@@H](CCCCNC(=O)CC1CCCC1)C(=O)Nc1ccccn1. The van der Waals surface area contributed by atoms with Crippen LogP contribution in [0.1, 0.15) is 51.4 Å². The predicted molar refractivity (Wildman–Crippen MR) is 94.3 cm³/mol. The number of unbranched alkanes of at least 4 members (excludes halogenated alkanes) is 1. The lowest BCUT2D eigenvalue weighted by Crippen LogP contribution is -2.36. The normalized spacial score (nSPS) is 15.9. The van der Waals surface area contributed by atoms with Crippen LogP contribution >= 0.6 is 0 Å². The first-order valence-corrected chi connectivity index (χ1v) is 8.89. The molecule has 1 fully saturated rings. The number of hydrogen-bond acceptors (Lipinski definition) is 4. The number of nitrogens with zero attached hydrogens (tertiary/aromatic N) is 1. The third-order valence-corrected chi connectivity index (χ3v) is 4.47. The zero-order valence-electron chi connectivity index (χ0n) is 14.2. The van der Waals surface area contributed by atoms with Gasteiger partial charge >= 0.3 is 0 Å². The lowest BCUT2D eigenvalue weighted by atomic mass is 10.0. The van der Waals surface area contributed by atoms with E-state index in [1.54, 1.807) is 18.3 Å². The van der Waals surface area contributed by atoms with E-state index in [4.69, 9.17) is 5.73 Å². The van der Waals surface area contributed by atoms with Crippen LogP contribution in [0.3, 0.4) is 0 Å². The molecule has 1 heterocycles. The first-order chi connectivity index (χ1) is 11.6. The molecule has 1 aromatic rings. The molecule has 1 atom stereocenters. The van der Waals surface area contributed by atoms with Crippen molar-refractivity contribution in [3.05, 3.63) is 24.4 Å². The molecule has 0 saturated heterocycles. The Balaban J connectivity index is 1.53. The fourth-order valence-electron chi connectivity index (χ4n) is 3.05. The Labute approximate surface area is 143 Å². The molecule has 1 aromatic heterocycles. The summed E-state index contributed by atoms with van der Waals surface area (Å²) in [4.78, 5) is 27.8. The summed E-state index contributed by atoms with van der Waals surface area (Å²) in [5, 5.41) is 5.66. The van der Waals surface area contributed by atoms with Crippen LogP contribution in [0.5, 0.6) is 0 Å². The predicted octanol–water partition coefficient (Wildman–Crippen LogP) is 2.21. The quantitative estimate of drug-likeness (QED) is 0.604. The van der Waals surface area contributed by atoms with Crippen LogP contribution in [0, 0.1) is 5.92 Å². The molecule has 0 bridgehead atoms. The van der Waals surface area contributed by atoms with Crippen molar-refractivity contribution in [1.29, 1.82) is 0 Å². The number of nitrogens with two attached hydrogens (primary N) is 1. The van der Waals surface area contributed by atoms with Crippen molar-refractivity contribution in [1.82, 2.24) is 10.3 Å². The summed E-state index contributed by atoms with van der Waals surface area (Å²) in [5.41, 5.74) is 5.89. The molecule has 1 saturated carbocycles. The number of aromatic nitrogens is 1. The maximum absolute atomic E-state index is 11.9. The van der Waals surface area contributed by atoms with E-state index in [9.17, 15) is 9.59 Å². The second-order valence-corrected chi connectivity index (χ2v) is 6.51. The van der Waals surface area contributed by atoms with Crippen molar-refractivity contribution in [2.24, 2.45) is 11.7 Å². The van der Waals surface area contributed by atoms with Gasteiger partial charge in [0.05, 0.1) is 6.04 Å². The van der Waals surface area contributed by atoms with Gasteiger partial charge in [0.1, 0.15) is 5.82 Å². The standard InChI is InChI=1S/C18H28N4O2/c19-15(18(24)22-16-10-4-6-11-20-16)9-3-5-12-21-17(23)13-14-7-1-2-8-14/h4,6,10-11,14-15H,1-3,5,7-9,12-13,19H2,(H,21,23)(H,20,22,24)/t15-/m0/s1. The Morgan fingerprint density at radius 2 is 2.04 bits per heavy atom. The molecular formula is C18H28N4O2. The average Bonchev–Trinajstić information content (AvgIpc) is 3.08. The number of amides is 2. The summed E-state index contributed by atoms with van der Waals surface area (Å²) in [6, 6.07) is 4.77. The second kappa shape index (κ2) is 10.0. The number of carbonyl (C=O) groups is 2. The molecule has 132 valence electrons. The van der Waals surface area contributed by atoms with Crippen molar-refractivity contribution >= 4 is 17.6 Å². The smallest absolute Gasteiger partial charge is 0.242 e. The van der Waals surface area contributed by atoms with Crippen molar-refractivity contribution < 1.29 is 9.59 Å². The minimum absolute atomic E-state index is 0.152. The van der Waals surface area contributed by atoms with Crippen LogP contribution in [0.4, 0.5) is 5.82 Å². The fourth-order valence-corrected chi connectivity index (χ4v) is 3.05. The van der Waals surface area contributed by atoms with Crippen molar-refractivity contribution in [3.8, 4) is 0 Å². The molecule has 0 unspecified atom stereocenters. The minimum Gasteiger partial charge on any atom is -0.356 e. The van der Waals surface area contributed by atoms with E-state index >= 15 is 0 Å². The number of hydrogen-bond donors (Lipinski definition) is 3. The molecule has 0 spiro atoms. The van der Waals surface area contributed by atoms with Crippen molar-refractivity contribution in [2.45, 2.75) is 57.4 Å². The van der Waals surface area contributed by atoms with Gasteiger partial charge in [-0.3, -0.25) is 9.59 Å². The van der Waals surface area contributed by atoms with Gasteiger partial charge in [-0.05, 0) is 50.2 Å². The van der Waals surface area contributed by atoms with Gasteiger partial charge in [-0.15, -0.1) is 0 Å². The summed E-state index contributed by atoms with van der Waals surface area (Å²) in [5.74, 6) is 1.02. The van der Waals surface area contributed by atoms with E-state index < -0.39 is 6.04 Å². The average molecular weight is 332 g/mol. The highest BCUT2D eigenvalue weighted by Gasteiger charge is 2.18. The van der Waals surface area contributed by atoms with E-state index in [0.717, 1.165) is 12.8 Å². The summed E-state index contributed by atoms with van der Waals surface area (Å²) < 4.78 is 0. The lowest BCUT2D eigenvalue weighted by molar-refractivity contribution is -0.122. The highest BCUT2D eigenvalue weighted by atomic mass is 16.2. The third-order valence-electron chi connectivity index (χ3n) is 4.47. The maximum Gasteiger partial charge on any atom is 0.242 e. The summed E-state index contributed by atoms with van der Waals surface area (Å²) in [7, 11) is 0. The minimum atomic E-state index is -0.554. The van der Waals surface area contributed by atoms with Gasteiger partial charge in [-0.1, -0.05) is 18.9 Å². The number of anilines is 1. The molecule has 6 heteroatoms. The van der Waals surface area contributed by atoms with Gasteiger partial charge in [0, 0.05) is 19.2 Å². The number of pyridine rings is 1. The maximum atomic E-state index is 11.9. The Hall–Kier alpha value is -1.95. The molecular weight excluding hydrogens is 304 g/mol. The molecule has 0 radical (unpaired) electrons. The first kappa shape index (κ1) is 18.4. The Morgan fingerprint density at radius 1 is 1.25 bits per heavy atom. The van der Waals surface area contributed by atoms with Crippen LogP contribution in [0.15, 0.2) is 24.4 Å². The van der Waals surface area contributed by atoms with Gasteiger partial charge in [-0.25, -0.2) is 4.98 Å². The molecule has 4 N–H and O–H groups in total. The topological polar surface area (TPSA) is 97.1 Å². The summed E-state index contributed by atoms with van der Waals surface area (Å²) in [6.07, 6.45) is 9.41. The molecule has 6 nitrogen and oxygen atoms in total. The van der Waals surface area contributed by atoms with Gasteiger partial charge in [-0.2, -0.15) is 0 Å². The van der Waals surface area contributed by atoms with Crippen LogP contribution < -0.4 is 16.4 Å². The second-order valence-electron chi connectivity index (χ2n) is 6.51. The van der Waals surface area contributed by atoms with E-state index in [-0.39, 0.29) is 11.8 Å². The van der Waals surface area contributed by atoms with Gasteiger partial charge in [0.2, 0.25) is 11.8 Å². The number of carbonyl (C=O) groups excluding carboxylic acids is 2. The molecule has 1 aliphatic carbocycles. The van der Waals surface area contributed by atoms with Crippen LogP contribution in [0.25, 0.3) is 0 Å². The highest BCUT2D eigenvalue weighted by molar-refractivity contribution is 5.93. The zero-order valence-corrected chi connectivity index (χ0v) is 14.2. The first-order valence-electron chi connectivity index (χ1n) is 8.89. The lowest BCUT2D eigenvalue weighted by Gasteiger charge is -2.12. The largest absolute Gasteiger partial charge is 0.356 e. The number of rotatable bonds is 9. The van der Waals surface area contributed by atoms with E-state index in [1.165, 1.54) is 25.7 Å². The summed E-state index contributed by atoms with van der Waals surface area (Å²) in [6.45, 7) is 0.653. The van der Waals surface area contributed by atoms with Crippen molar-refractivity contribution in [2.75, 3.05) is 11.9 Å². The van der Waals surface area contributed by atoms with Crippen LogP contribution in [0.2, 0.25) is 0 Å². The highest BCUT2D eigenvalue weighted by Crippen LogP contribution is 2.27. The number of nitrogens with one attached hydrogen (secondary N) is 2. The molecule has 0 aromatic carbocycles. The van der Waals surface area contributed by atoms with E-state index in [1.807, 2.05) is 6.07 Å². The van der Waals surface area contributed by atoms with Crippen LogP contribution in [-0.4, -0.2) is 29.4 Å². The van der Waals surface area contributed by atoms with Crippen LogP contribution in [-0.2, 0) is 9.59 Å². The fraction of sp³-hybridized carbons (Fsp3) is 0.611. The Kier molecular flexibility index (Phi) is 7.68. The summed E-state index contributed by atoms with van der Waals surface area (Å²) >= 11 is 0. The third kappa shape index (κ3) is 6.66. The van der Waals surface area contributed by atoms with Gasteiger partial charge < -0.3 is 16.4 Å². The van der Waals surface area contributed by atoms with E-state index in [2.05, 4.69) is 15.6 Å². The molecule has 2 amide bonds. The van der Waals surface area contributed by atoms with Gasteiger partial charge in [0.25, 0.3) is 0 Å². The van der Waals surface area contributed by atoms with Crippen molar-refractivity contribution in [3.63, 3.8) is 0 Å². The molecule has 1 aliphatic rings. The molecule has 0 aliphatic heterocycles. The molecule has 2 rings (SSSR count). The monoisotopic (exact) mass is 332 g/mol. The Morgan fingerprint density at radius 3 is 2.75 bits per heavy atom. The Bertz CT molecular complexity index is 515. The molecule has 24 heavy (non-hydrogen) atoms. The van der Waals surface area contributed by atoms with Gasteiger partial charge in [0.15, 0.2) is 0 Å². The van der Waals surface area contributed by atoms with E-state index in [0.29, 0.717) is 31.1 Å².